The molecule has 0 saturated heterocycles. The highest BCUT2D eigenvalue weighted by Gasteiger charge is 2.06. The van der Waals surface area contributed by atoms with Crippen molar-refractivity contribution in [3.8, 4) is 6.07 Å². The third kappa shape index (κ3) is 0.892. The van der Waals surface area contributed by atoms with E-state index in [1.54, 1.807) is 6.07 Å². The first kappa shape index (κ1) is 7.26. The summed E-state index contributed by atoms with van der Waals surface area (Å²) in [5.74, 6) is -0.398. The number of nitriles is 1. The van der Waals surface area contributed by atoms with Crippen LogP contribution in [0.15, 0.2) is 23.6 Å². The Balaban J connectivity index is 2.89. The van der Waals surface area contributed by atoms with Gasteiger partial charge in [-0.2, -0.15) is 5.26 Å². The number of thiophene rings is 1. The van der Waals surface area contributed by atoms with Gasteiger partial charge >= 0.3 is 0 Å². The van der Waals surface area contributed by atoms with Gasteiger partial charge in [-0.15, -0.1) is 11.3 Å². The van der Waals surface area contributed by atoms with Gasteiger partial charge in [-0.25, -0.2) is 4.39 Å². The minimum absolute atomic E-state index is 0.116. The zero-order chi connectivity index (χ0) is 8.55. The Labute approximate surface area is 72.7 Å². The highest BCUT2D eigenvalue weighted by Crippen LogP contribution is 2.25. The molecular formula is C9H4FNS. The van der Waals surface area contributed by atoms with Crippen LogP contribution in [0.3, 0.4) is 0 Å². The Morgan fingerprint density at radius 1 is 1.33 bits per heavy atom. The normalized spacial score (nSPS) is 10.0. The SMILES string of the molecule is N#Cc1ccc2ccsc2c1F. The molecule has 0 bridgehead atoms. The van der Waals surface area contributed by atoms with Crippen molar-refractivity contribution in [1.82, 2.24) is 0 Å². The maximum absolute atomic E-state index is 13.3. The van der Waals surface area contributed by atoms with E-state index in [0.29, 0.717) is 4.70 Å². The van der Waals surface area contributed by atoms with Crippen molar-refractivity contribution in [3.05, 3.63) is 35.0 Å². The van der Waals surface area contributed by atoms with Crippen molar-refractivity contribution >= 4 is 21.4 Å². The fourth-order valence-corrected chi connectivity index (χ4v) is 1.92. The van der Waals surface area contributed by atoms with E-state index in [1.165, 1.54) is 17.4 Å². The van der Waals surface area contributed by atoms with Crippen LogP contribution in [0.2, 0.25) is 0 Å². The van der Waals surface area contributed by atoms with Crippen LogP contribution in [0.1, 0.15) is 5.56 Å². The lowest BCUT2D eigenvalue weighted by Gasteiger charge is -1.93. The quantitative estimate of drug-likeness (QED) is 0.607. The highest BCUT2D eigenvalue weighted by molar-refractivity contribution is 7.17. The smallest absolute Gasteiger partial charge is 0.158 e. The molecule has 0 aliphatic heterocycles. The topological polar surface area (TPSA) is 23.8 Å². The van der Waals surface area contributed by atoms with Gasteiger partial charge in [0.1, 0.15) is 6.07 Å². The molecule has 0 atom stereocenters. The van der Waals surface area contributed by atoms with Gasteiger partial charge in [-0.05, 0) is 22.9 Å². The molecule has 0 amide bonds. The number of benzene rings is 1. The van der Waals surface area contributed by atoms with Gasteiger partial charge in [0.2, 0.25) is 0 Å². The first-order valence-corrected chi connectivity index (χ1v) is 4.26. The third-order valence-electron chi connectivity index (χ3n) is 1.68. The van der Waals surface area contributed by atoms with Crippen LogP contribution in [-0.2, 0) is 0 Å². The van der Waals surface area contributed by atoms with Crippen molar-refractivity contribution in [2.24, 2.45) is 0 Å². The predicted octanol–water partition coefficient (Wildman–Crippen LogP) is 2.91. The van der Waals surface area contributed by atoms with E-state index in [0.717, 1.165) is 5.39 Å². The van der Waals surface area contributed by atoms with Gasteiger partial charge in [0.15, 0.2) is 5.82 Å². The van der Waals surface area contributed by atoms with Crippen molar-refractivity contribution < 1.29 is 4.39 Å². The van der Waals surface area contributed by atoms with Gasteiger partial charge in [0.25, 0.3) is 0 Å². The molecule has 0 aliphatic carbocycles. The minimum Gasteiger partial charge on any atom is -0.204 e. The summed E-state index contributed by atoms with van der Waals surface area (Å²) in [7, 11) is 0. The van der Waals surface area contributed by atoms with E-state index >= 15 is 0 Å². The number of hydrogen-bond acceptors (Lipinski definition) is 2. The fraction of sp³-hybridized carbons (Fsp3) is 0. The van der Waals surface area contributed by atoms with Crippen molar-refractivity contribution in [3.63, 3.8) is 0 Å². The molecule has 1 heterocycles. The largest absolute Gasteiger partial charge is 0.204 e. The first-order valence-electron chi connectivity index (χ1n) is 3.39. The number of rotatable bonds is 0. The Bertz CT molecular complexity index is 467. The molecule has 0 aliphatic rings. The summed E-state index contributed by atoms with van der Waals surface area (Å²) in [6.07, 6.45) is 0. The Morgan fingerprint density at radius 2 is 2.17 bits per heavy atom. The second-order valence-corrected chi connectivity index (χ2v) is 3.29. The number of fused-ring (bicyclic) bond motifs is 1. The Kier molecular flexibility index (Phi) is 1.56. The van der Waals surface area contributed by atoms with E-state index in [9.17, 15) is 4.39 Å². The molecule has 0 N–H and O–H groups in total. The standard InChI is InChI=1S/C9H4FNS/c10-8-7(5-11)2-1-6-3-4-12-9(6)8/h1-4H. The molecule has 0 saturated carbocycles. The molecule has 0 unspecified atom stereocenters. The average Bonchev–Trinajstić information content (AvgIpc) is 2.53. The Hall–Kier alpha value is -1.40. The molecule has 2 aromatic rings. The zero-order valence-electron chi connectivity index (χ0n) is 6.04. The monoisotopic (exact) mass is 177 g/mol. The molecular weight excluding hydrogens is 173 g/mol. The lowest BCUT2D eigenvalue weighted by Crippen LogP contribution is -1.81. The second-order valence-electron chi connectivity index (χ2n) is 2.38. The first-order chi connectivity index (χ1) is 5.83. The molecule has 1 aromatic heterocycles. The van der Waals surface area contributed by atoms with Gasteiger partial charge in [0, 0.05) is 0 Å². The second kappa shape index (κ2) is 2.58. The molecule has 0 fully saturated rings. The molecule has 2 rings (SSSR count). The summed E-state index contributed by atoms with van der Waals surface area (Å²) in [5.41, 5.74) is 0.116. The summed E-state index contributed by atoms with van der Waals surface area (Å²) in [4.78, 5) is 0. The van der Waals surface area contributed by atoms with Crippen LogP contribution in [0, 0.1) is 17.1 Å². The summed E-state index contributed by atoms with van der Waals surface area (Å²) in [5, 5.41) is 11.2. The molecule has 3 heteroatoms. The molecule has 1 nitrogen and oxygen atoms in total. The molecule has 0 spiro atoms. The van der Waals surface area contributed by atoms with Crippen LogP contribution < -0.4 is 0 Å². The van der Waals surface area contributed by atoms with Gasteiger partial charge in [0.05, 0.1) is 10.3 Å². The minimum atomic E-state index is -0.398. The zero-order valence-corrected chi connectivity index (χ0v) is 6.86. The summed E-state index contributed by atoms with van der Waals surface area (Å²) < 4.78 is 13.9. The van der Waals surface area contributed by atoms with Crippen molar-refractivity contribution in [2.75, 3.05) is 0 Å². The van der Waals surface area contributed by atoms with Crippen LogP contribution in [0.5, 0.6) is 0 Å². The van der Waals surface area contributed by atoms with E-state index in [-0.39, 0.29) is 5.56 Å². The molecule has 1 aromatic carbocycles. The van der Waals surface area contributed by atoms with Crippen LogP contribution >= 0.6 is 11.3 Å². The number of nitrogens with zero attached hydrogens (tertiary/aromatic N) is 1. The fourth-order valence-electron chi connectivity index (χ4n) is 1.08. The third-order valence-corrected chi connectivity index (χ3v) is 2.60. The van der Waals surface area contributed by atoms with Gasteiger partial charge in [-0.3, -0.25) is 0 Å². The van der Waals surface area contributed by atoms with Crippen LogP contribution in [-0.4, -0.2) is 0 Å². The molecule has 0 radical (unpaired) electrons. The summed E-state index contributed by atoms with van der Waals surface area (Å²) in [6.45, 7) is 0. The predicted molar refractivity (Wildman–Crippen MR) is 46.5 cm³/mol. The van der Waals surface area contributed by atoms with E-state index in [2.05, 4.69) is 0 Å². The lowest BCUT2D eigenvalue weighted by atomic mass is 10.2. The molecule has 12 heavy (non-hydrogen) atoms. The maximum Gasteiger partial charge on any atom is 0.158 e. The van der Waals surface area contributed by atoms with Crippen molar-refractivity contribution in [2.45, 2.75) is 0 Å². The molecule has 58 valence electrons. The number of hydrogen-bond donors (Lipinski definition) is 0. The van der Waals surface area contributed by atoms with E-state index < -0.39 is 5.82 Å². The average molecular weight is 177 g/mol. The Morgan fingerprint density at radius 3 is 2.92 bits per heavy atom. The van der Waals surface area contributed by atoms with Crippen molar-refractivity contribution in [1.29, 1.82) is 5.26 Å². The van der Waals surface area contributed by atoms with Gasteiger partial charge < -0.3 is 0 Å². The maximum atomic E-state index is 13.3. The summed E-state index contributed by atoms with van der Waals surface area (Å²) >= 11 is 1.32. The van der Waals surface area contributed by atoms with E-state index in [1.807, 2.05) is 17.5 Å². The van der Waals surface area contributed by atoms with Gasteiger partial charge in [-0.1, -0.05) is 6.07 Å². The van der Waals surface area contributed by atoms with Crippen LogP contribution in [0.4, 0.5) is 4.39 Å². The van der Waals surface area contributed by atoms with Crippen LogP contribution in [0.25, 0.3) is 10.1 Å². The highest BCUT2D eigenvalue weighted by atomic mass is 32.1. The number of halogens is 1. The summed E-state index contributed by atoms with van der Waals surface area (Å²) in [6, 6.07) is 6.91. The lowest BCUT2D eigenvalue weighted by molar-refractivity contribution is 0.638. The van der Waals surface area contributed by atoms with E-state index in [4.69, 9.17) is 5.26 Å².